The van der Waals surface area contributed by atoms with Gasteiger partial charge in [0.15, 0.2) is 0 Å². The molecule has 1 aromatic heterocycles. The number of carboxylic acids is 1. The van der Waals surface area contributed by atoms with Crippen LogP contribution in [0.1, 0.15) is 50.2 Å². The number of rotatable bonds is 5. The van der Waals surface area contributed by atoms with Crippen molar-refractivity contribution in [2.24, 2.45) is 5.92 Å². The number of aliphatic carboxylic acids is 1. The number of carbonyl (C=O) groups excluding carboxylic acids is 1. The zero-order chi connectivity index (χ0) is 13.3. The van der Waals surface area contributed by atoms with Gasteiger partial charge >= 0.3 is 5.97 Å². The van der Waals surface area contributed by atoms with Crippen LogP contribution in [0.5, 0.6) is 0 Å². The number of hydrogen-bond donors (Lipinski definition) is 2. The van der Waals surface area contributed by atoms with Crippen LogP contribution < -0.4 is 5.32 Å². The third-order valence-corrected chi connectivity index (χ3v) is 3.22. The Morgan fingerprint density at radius 2 is 2.22 bits per heavy atom. The largest absolute Gasteiger partial charge is 0.481 e. The number of amides is 1. The van der Waals surface area contributed by atoms with E-state index in [9.17, 15) is 9.59 Å². The average Bonchev–Trinajstić information content (AvgIpc) is 2.79. The molecule has 98 valence electrons. The monoisotopic (exact) mass is 251 g/mol. The van der Waals surface area contributed by atoms with Crippen molar-refractivity contribution < 1.29 is 19.1 Å². The number of carbonyl (C=O) groups is 2. The molecule has 1 aliphatic carbocycles. The zero-order valence-corrected chi connectivity index (χ0v) is 10.5. The van der Waals surface area contributed by atoms with Crippen molar-refractivity contribution in [2.75, 3.05) is 0 Å². The van der Waals surface area contributed by atoms with Crippen LogP contribution in [0, 0.1) is 5.92 Å². The van der Waals surface area contributed by atoms with E-state index in [4.69, 9.17) is 9.52 Å². The summed E-state index contributed by atoms with van der Waals surface area (Å²) in [6.07, 6.45) is 0.934. The molecule has 1 heterocycles. The molecule has 0 spiro atoms. The predicted octanol–water partition coefficient (Wildman–Crippen LogP) is 2.05. The number of furan rings is 1. The SMILES string of the molecule is CC(=O)NC(CC(=O)O)c1ccc(C2CC2C)o1. The molecule has 0 radical (unpaired) electrons. The average molecular weight is 251 g/mol. The van der Waals surface area contributed by atoms with E-state index in [1.807, 2.05) is 6.07 Å². The van der Waals surface area contributed by atoms with Gasteiger partial charge < -0.3 is 14.8 Å². The van der Waals surface area contributed by atoms with Crippen molar-refractivity contribution in [3.05, 3.63) is 23.7 Å². The van der Waals surface area contributed by atoms with Crippen molar-refractivity contribution in [2.45, 2.75) is 38.6 Å². The van der Waals surface area contributed by atoms with E-state index in [0.717, 1.165) is 12.2 Å². The Hall–Kier alpha value is -1.78. The van der Waals surface area contributed by atoms with Crippen LogP contribution in [-0.2, 0) is 9.59 Å². The van der Waals surface area contributed by atoms with E-state index in [2.05, 4.69) is 12.2 Å². The summed E-state index contributed by atoms with van der Waals surface area (Å²) >= 11 is 0. The third kappa shape index (κ3) is 2.91. The molecule has 2 rings (SSSR count). The van der Waals surface area contributed by atoms with Crippen molar-refractivity contribution in [1.82, 2.24) is 5.32 Å². The number of nitrogens with one attached hydrogen (secondary N) is 1. The van der Waals surface area contributed by atoms with Gasteiger partial charge in [-0.1, -0.05) is 6.92 Å². The smallest absolute Gasteiger partial charge is 0.305 e. The summed E-state index contributed by atoms with van der Waals surface area (Å²) in [5, 5.41) is 11.4. The lowest BCUT2D eigenvalue weighted by atomic mass is 10.1. The van der Waals surface area contributed by atoms with E-state index in [-0.39, 0.29) is 12.3 Å². The molecule has 0 bridgehead atoms. The molecule has 5 heteroatoms. The first-order valence-corrected chi connectivity index (χ1v) is 6.06. The molecule has 1 aromatic rings. The second kappa shape index (κ2) is 4.84. The maximum absolute atomic E-state index is 11.1. The zero-order valence-electron chi connectivity index (χ0n) is 10.5. The maximum atomic E-state index is 11.1. The first kappa shape index (κ1) is 12.7. The molecule has 2 N–H and O–H groups in total. The van der Waals surface area contributed by atoms with Crippen LogP contribution in [0.15, 0.2) is 16.5 Å². The number of carboxylic acid groups (broad SMARTS) is 1. The van der Waals surface area contributed by atoms with Crippen molar-refractivity contribution in [3.63, 3.8) is 0 Å². The Labute approximate surface area is 105 Å². The second-order valence-electron chi connectivity index (χ2n) is 4.91. The molecule has 0 saturated heterocycles. The van der Waals surface area contributed by atoms with Gasteiger partial charge in [-0.25, -0.2) is 0 Å². The van der Waals surface area contributed by atoms with E-state index < -0.39 is 12.0 Å². The molecule has 18 heavy (non-hydrogen) atoms. The molecule has 1 amide bonds. The van der Waals surface area contributed by atoms with Gasteiger partial charge in [0.05, 0.1) is 12.5 Å². The van der Waals surface area contributed by atoms with E-state index >= 15 is 0 Å². The van der Waals surface area contributed by atoms with Gasteiger partial charge in [0.25, 0.3) is 0 Å². The fourth-order valence-corrected chi connectivity index (χ4v) is 2.12. The Balaban J connectivity index is 2.11. The summed E-state index contributed by atoms with van der Waals surface area (Å²) in [4.78, 5) is 21.8. The molecular weight excluding hydrogens is 234 g/mol. The fraction of sp³-hybridized carbons (Fsp3) is 0.538. The lowest BCUT2D eigenvalue weighted by molar-refractivity contribution is -0.137. The van der Waals surface area contributed by atoms with Gasteiger partial charge in [0, 0.05) is 12.8 Å². The summed E-state index contributed by atoms with van der Waals surface area (Å²) in [5.41, 5.74) is 0. The van der Waals surface area contributed by atoms with Gasteiger partial charge in [0.2, 0.25) is 5.91 Å². The van der Waals surface area contributed by atoms with E-state index in [1.165, 1.54) is 6.92 Å². The van der Waals surface area contributed by atoms with Gasteiger partial charge in [-0.2, -0.15) is 0 Å². The standard InChI is InChI=1S/C13H17NO4/c1-7-5-9(7)11-3-4-12(18-11)10(6-13(16)17)14-8(2)15/h3-4,7,9-10H,5-6H2,1-2H3,(H,14,15)(H,16,17). The molecular formula is C13H17NO4. The molecule has 0 aliphatic heterocycles. The number of hydrogen-bond acceptors (Lipinski definition) is 3. The minimum atomic E-state index is -0.966. The Kier molecular flexibility index (Phi) is 3.41. The van der Waals surface area contributed by atoms with Crippen molar-refractivity contribution in [1.29, 1.82) is 0 Å². The molecule has 3 unspecified atom stereocenters. The molecule has 1 saturated carbocycles. The second-order valence-corrected chi connectivity index (χ2v) is 4.91. The third-order valence-electron chi connectivity index (χ3n) is 3.22. The van der Waals surface area contributed by atoms with Gasteiger partial charge in [-0.3, -0.25) is 9.59 Å². The lowest BCUT2D eigenvalue weighted by Gasteiger charge is -2.13. The topological polar surface area (TPSA) is 79.5 Å². The summed E-state index contributed by atoms with van der Waals surface area (Å²) < 4.78 is 5.66. The Morgan fingerprint density at radius 1 is 1.56 bits per heavy atom. The molecule has 3 atom stereocenters. The van der Waals surface area contributed by atoms with Crippen LogP contribution >= 0.6 is 0 Å². The Morgan fingerprint density at radius 3 is 2.72 bits per heavy atom. The highest BCUT2D eigenvalue weighted by atomic mass is 16.4. The normalized spacial score (nSPS) is 23.4. The summed E-state index contributed by atoms with van der Waals surface area (Å²) in [6, 6.07) is 3.03. The minimum absolute atomic E-state index is 0.174. The van der Waals surface area contributed by atoms with Crippen molar-refractivity contribution >= 4 is 11.9 Å². The highest BCUT2D eigenvalue weighted by Gasteiger charge is 2.37. The van der Waals surface area contributed by atoms with E-state index in [0.29, 0.717) is 17.6 Å². The van der Waals surface area contributed by atoms with Crippen LogP contribution in [-0.4, -0.2) is 17.0 Å². The predicted molar refractivity (Wildman–Crippen MR) is 64.0 cm³/mol. The van der Waals surface area contributed by atoms with Gasteiger partial charge in [-0.05, 0) is 24.5 Å². The molecule has 0 aromatic carbocycles. The fourth-order valence-electron chi connectivity index (χ4n) is 2.12. The molecule has 5 nitrogen and oxygen atoms in total. The molecule has 1 fully saturated rings. The summed E-state index contributed by atoms with van der Waals surface area (Å²) in [7, 11) is 0. The van der Waals surface area contributed by atoms with Gasteiger partial charge in [0.1, 0.15) is 11.5 Å². The first-order valence-electron chi connectivity index (χ1n) is 6.06. The van der Waals surface area contributed by atoms with Crippen LogP contribution in [0.4, 0.5) is 0 Å². The highest BCUT2D eigenvalue weighted by molar-refractivity contribution is 5.75. The molecule has 1 aliphatic rings. The maximum Gasteiger partial charge on any atom is 0.305 e. The summed E-state index contributed by atoms with van der Waals surface area (Å²) in [5.74, 6) is 1.25. The van der Waals surface area contributed by atoms with E-state index in [1.54, 1.807) is 6.07 Å². The highest BCUT2D eigenvalue weighted by Crippen LogP contribution is 2.47. The van der Waals surface area contributed by atoms with Gasteiger partial charge in [-0.15, -0.1) is 0 Å². The minimum Gasteiger partial charge on any atom is -0.481 e. The first-order chi connectivity index (χ1) is 8.47. The van der Waals surface area contributed by atoms with Crippen LogP contribution in [0.3, 0.4) is 0 Å². The summed E-state index contributed by atoms with van der Waals surface area (Å²) in [6.45, 7) is 3.51. The van der Waals surface area contributed by atoms with Crippen LogP contribution in [0.2, 0.25) is 0 Å². The lowest BCUT2D eigenvalue weighted by Crippen LogP contribution is -2.27. The van der Waals surface area contributed by atoms with Crippen molar-refractivity contribution in [3.8, 4) is 0 Å². The van der Waals surface area contributed by atoms with Crippen LogP contribution in [0.25, 0.3) is 0 Å². The Bertz CT molecular complexity index is 449. The quantitative estimate of drug-likeness (QED) is 0.839.